The number of aromatic nitrogens is 3. The average molecular weight is 471 g/mol. The summed E-state index contributed by atoms with van der Waals surface area (Å²) in [4.78, 5) is 12.1. The lowest BCUT2D eigenvalue weighted by Gasteiger charge is -2.10. The van der Waals surface area contributed by atoms with Crippen molar-refractivity contribution in [3.63, 3.8) is 0 Å². The summed E-state index contributed by atoms with van der Waals surface area (Å²) in [5, 5.41) is 11.5. The van der Waals surface area contributed by atoms with Crippen LogP contribution in [0.5, 0.6) is 5.75 Å². The van der Waals surface area contributed by atoms with Crippen molar-refractivity contribution in [2.24, 2.45) is 7.05 Å². The lowest BCUT2D eigenvalue weighted by atomic mass is 10.2. The number of carbonyl (C=O) groups excluding carboxylic acids is 1. The highest BCUT2D eigenvalue weighted by molar-refractivity contribution is 7.99. The number of rotatable bonds is 7. The summed E-state index contributed by atoms with van der Waals surface area (Å²) in [5.74, 6) is 0.543. The van der Waals surface area contributed by atoms with Crippen molar-refractivity contribution in [2.75, 3.05) is 11.1 Å². The van der Waals surface area contributed by atoms with Crippen LogP contribution in [-0.2, 0) is 24.6 Å². The fourth-order valence-electron chi connectivity index (χ4n) is 2.56. The van der Waals surface area contributed by atoms with Crippen LogP contribution in [0, 0.1) is 6.92 Å². The van der Waals surface area contributed by atoms with Gasteiger partial charge in [0.05, 0.1) is 16.3 Å². The van der Waals surface area contributed by atoms with Crippen molar-refractivity contribution in [1.82, 2.24) is 14.8 Å². The zero-order chi connectivity index (χ0) is 22.6. The van der Waals surface area contributed by atoms with Crippen molar-refractivity contribution in [2.45, 2.75) is 24.9 Å². The van der Waals surface area contributed by atoms with Gasteiger partial charge in [0, 0.05) is 12.7 Å². The third-order valence-corrected chi connectivity index (χ3v) is 5.51. The molecule has 31 heavy (non-hydrogen) atoms. The van der Waals surface area contributed by atoms with Gasteiger partial charge in [-0.25, -0.2) is 0 Å². The number of carbonyl (C=O) groups is 1. The van der Waals surface area contributed by atoms with Gasteiger partial charge in [-0.1, -0.05) is 35.5 Å². The fourth-order valence-corrected chi connectivity index (χ4v) is 3.46. The van der Waals surface area contributed by atoms with Gasteiger partial charge in [0.25, 0.3) is 0 Å². The van der Waals surface area contributed by atoms with Crippen molar-refractivity contribution in [3.05, 3.63) is 64.4 Å². The molecule has 1 amide bonds. The van der Waals surface area contributed by atoms with E-state index in [-0.39, 0.29) is 18.0 Å². The van der Waals surface area contributed by atoms with Crippen LogP contribution >= 0.6 is 23.4 Å². The van der Waals surface area contributed by atoms with Gasteiger partial charge in [-0.15, -0.1) is 10.2 Å². The van der Waals surface area contributed by atoms with Gasteiger partial charge in [0.15, 0.2) is 11.0 Å². The summed E-state index contributed by atoms with van der Waals surface area (Å²) in [6.07, 6.45) is -4.48. The molecule has 6 nitrogen and oxygen atoms in total. The second-order valence-corrected chi connectivity index (χ2v) is 7.95. The zero-order valence-corrected chi connectivity index (χ0v) is 18.1. The highest BCUT2D eigenvalue weighted by Gasteiger charge is 2.30. The van der Waals surface area contributed by atoms with Crippen molar-refractivity contribution >= 4 is 35.0 Å². The minimum absolute atomic E-state index is 0.0488. The summed E-state index contributed by atoms with van der Waals surface area (Å²) in [6, 6.07) is 9.89. The number of thioether (sulfide) groups is 1. The monoisotopic (exact) mass is 470 g/mol. The molecule has 164 valence electrons. The molecule has 1 N–H and O–H groups in total. The van der Waals surface area contributed by atoms with E-state index in [1.54, 1.807) is 17.7 Å². The minimum Gasteiger partial charge on any atom is -0.484 e. The summed E-state index contributed by atoms with van der Waals surface area (Å²) in [7, 11) is 1.73. The maximum absolute atomic E-state index is 12.8. The van der Waals surface area contributed by atoms with E-state index in [2.05, 4.69) is 15.5 Å². The number of amides is 1. The van der Waals surface area contributed by atoms with E-state index in [1.165, 1.54) is 12.1 Å². The molecule has 0 unspecified atom stereocenters. The Hall–Kier alpha value is -2.72. The molecule has 3 aromatic rings. The standard InChI is InChI=1S/C20H18ClF3N4O2S/c1-12-6-7-15(21)16(8-12)30-10-17-26-27-19(28(17)2)31-11-18(29)25-14-5-3-4-13(9-14)20(22,23)24/h3-9H,10-11H2,1-2H3,(H,25,29). The van der Waals surface area contributed by atoms with Crippen LogP contribution < -0.4 is 10.1 Å². The van der Waals surface area contributed by atoms with Crippen LogP contribution in [0.25, 0.3) is 0 Å². The summed E-state index contributed by atoms with van der Waals surface area (Å²) < 4.78 is 45.7. The third kappa shape index (κ3) is 6.14. The van der Waals surface area contributed by atoms with Crippen LogP contribution in [0.2, 0.25) is 5.02 Å². The Morgan fingerprint density at radius 2 is 2.00 bits per heavy atom. The van der Waals surface area contributed by atoms with Crippen LogP contribution in [0.15, 0.2) is 47.6 Å². The number of ether oxygens (including phenoxy) is 1. The maximum Gasteiger partial charge on any atom is 0.416 e. The molecule has 0 aliphatic carbocycles. The van der Waals surface area contributed by atoms with E-state index in [9.17, 15) is 18.0 Å². The lowest BCUT2D eigenvalue weighted by Crippen LogP contribution is -2.15. The SMILES string of the molecule is Cc1ccc(Cl)c(OCc2nnc(SCC(=O)Nc3cccc(C(F)(F)F)c3)n2C)c1. The number of hydrogen-bond acceptors (Lipinski definition) is 5. The second kappa shape index (κ2) is 9.61. The molecule has 0 bridgehead atoms. The van der Waals surface area contributed by atoms with Gasteiger partial charge >= 0.3 is 6.18 Å². The zero-order valence-electron chi connectivity index (χ0n) is 16.5. The molecule has 1 aromatic heterocycles. The summed E-state index contributed by atoms with van der Waals surface area (Å²) in [6.45, 7) is 2.05. The van der Waals surface area contributed by atoms with E-state index in [0.29, 0.717) is 21.8 Å². The number of benzene rings is 2. The molecule has 0 aliphatic heterocycles. The van der Waals surface area contributed by atoms with E-state index in [0.717, 1.165) is 29.5 Å². The predicted octanol–water partition coefficient (Wildman–Crippen LogP) is 5.11. The van der Waals surface area contributed by atoms with Crippen molar-refractivity contribution in [1.29, 1.82) is 0 Å². The fraction of sp³-hybridized carbons (Fsp3) is 0.250. The van der Waals surface area contributed by atoms with E-state index in [4.69, 9.17) is 16.3 Å². The number of anilines is 1. The van der Waals surface area contributed by atoms with Gasteiger partial charge in [-0.3, -0.25) is 4.79 Å². The molecule has 0 aliphatic rings. The van der Waals surface area contributed by atoms with Gasteiger partial charge < -0.3 is 14.6 Å². The topological polar surface area (TPSA) is 69.0 Å². The Morgan fingerprint density at radius 3 is 2.74 bits per heavy atom. The van der Waals surface area contributed by atoms with Crippen molar-refractivity contribution < 1.29 is 22.7 Å². The third-order valence-electron chi connectivity index (χ3n) is 4.17. The number of nitrogens with zero attached hydrogens (tertiary/aromatic N) is 3. The van der Waals surface area contributed by atoms with E-state index in [1.807, 2.05) is 19.1 Å². The Morgan fingerprint density at radius 1 is 1.23 bits per heavy atom. The highest BCUT2D eigenvalue weighted by Crippen LogP contribution is 2.31. The molecule has 11 heteroatoms. The number of hydrogen-bond donors (Lipinski definition) is 1. The lowest BCUT2D eigenvalue weighted by molar-refractivity contribution is -0.137. The van der Waals surface area contributed by atoms with E-state index < -0.39 is 17.6 Å². The summed E-state index contributed by atoms with van der Waals surface area (Å²) >= 11 is 7.22. The summed E-state index contributed by atoms with van der Waals surface area (Å²) in [5.41, 5.74) is 0.243. The second-order valence-electron chi connectivity index (χ2n) is 6.60. The molecule has 3 rings (SSSR count). The molecule has 0 atom stereocenters. The van der Waals surface area contributed by atoms with Crippen LogP contribution in [0.3, 0.4) is 0 Å². The first kappa shape index (κ1) is 23.0. The van der Waals surface area contributed by atoms with Crippen LogP contribution in [0.1, 0.15) is 17.0 Å². The molecule has 1 heterocycles. The van der Waals surface area contributed by atoms with Gasteiger partial charge in [-0.05, 0) is 42.8 Å². The predicted molar refractivity (Wildman–Crippen MR) is 112 cm³/mol. The van der Waals surface area contributed by atoms with E-state index >= 15 is 0 Å². The number of halogens is 4. The maximum atomic E-state index is 12.8. The Kier molecular flexibility index (Phi) is 7.11. The molecule has 0 radical (unpaired) electrons. The molecule has 2 aromatic carbocycles. The smallest absolute Gasteiger partial charge is 0.416 e. The largest absolute Gasteiger partial charge is 0.484 e. The number of alkyl halides is 3. The van der Waals surface area contributed by atoms with Crippen LogP contribution in [-0.4, -0.2) is 26.4 Å². The minimum atomic E-state index is -4.48. The highest BCUT2D eigenvalue weighted by atomic mass is 35.5. The first-order valence-electron chi connectivity index (χ1n) is 9.00. The molecule has 0 saturated heterocycles. The number of aryl methyl sites for hydroxylation is 1. The number of nitrogens with one attached hydrogen (secondary N) is 1. The molecule has 0 saturated carbocycles. The molecule has 0 fully saturated rings. The normalized spacial score (nSPS) is 11.4. The first-order chi connectivity index (χ1) is 14.6. The Balaban J connectivity index is 1.56. The van der Waals surface area contributed by atoms with Gasteiger partial charge in [0.2, 0.25) is 5.91 Å². The molecular weight excluding hydrogens is 453 g/mol. The molecular formula is C20H18ClF3N4O2S. The average Bonchev–Trinajstić information content (AvgIpc) is 3.06. The Bertz CT molecular complexity index is 1090. The van der Waals surface area contributed by atoms with Gasteiger partial charge in [-0.2, -0.15) is 13.2 Å². The first-order valence-corrected chi connectivity index (χ1v) is 10.4. The van der Waals surface area contributed by atoms with Crippen LogP contribution in [0.4, 0.5) is 18.9 Å². The molecule has 0 spiro atoms. The quantitative estimate of drug-likeness (QED) is 0.486. The van der Waals surface area contributed by atoms with Gasteiger partial charge in [0.1, 0.15) is 12.4 Å². The Labute approximate surface area is 185 Å². The van der Waals surface area contributed by atoms with Crippen molar-refractivity contribution in [3.8, 4) is 5.75 Å².